The summed E-state index contributed by atoms with van der Waals surface area (Å²) in [4.78, 5) is 9.04. The van der Waals surface area contributed by atoms with Crippen LogP contribution in [0.2, 0.25) is 0 Å². The highest BCUT2D eigenvalue weighted by molar-refractivity contribution is 14.1. The fourth-order valence-corrected chi connectivity index (χ4v) is 0.880. The fourth-order valence-electron chi connectivity index (χ4n) is 0.880. The lowest BCUT2D eigenvalue weighted by Gasteiger charge is -1.81. The standard InChI is InChI=1S/C7H6N2.CH3I/c1-2-4-7-6(3-1)8-5-9-7;1-2/h1-5H,(H,8,9);1H3. The van der Waals surface area contributed by atoms with Crippen LogP contribution in [0.4, 0.5) is 0 Å². The number of imidazole rings is 1. The molecule has 3 heteroatoms. The summed E-state index contributed by atoms with van der Waals surface area (Å²) in [5.41, 5.74) is 2.12. The first-order valence-electron chi connectivity index (χ1n) is 3.23. The average Bonchev–Trinajstić information content (AvgIpc) is 2.55. The van der Waals surface area contributed by atoms with Gasteiger partial charge in [0.2, 0.25) is 0 Å². The van der Waals surface area contributed by atoms with E-state index in [-0.39, 0.29) is 0 Å². The molecular formula is C8H9IN2. The van der Waals surface area contributed by atoms with Gasteiger partial charge < -0.3 is 4.98 Å². The summed E-state index contributed by atoms with van der Waals surface area (Å²) in [5, 5.41) is 0. The Morgan fingerprint density at radius 2 is 2.00 bits per heavy atom. The fraction of sp³-hybridized carbons (Fsp3) is 0.125. The molecule has 0 unspecified atom stereocenters. The van der Waals surface area contributed by atoms with Crippen molar-refractivity contribution >= 4 is 33.6 Å². The van der Waals surface area contributed by atoms with Gasteiger partial charge in [-0.2, -0.15) is 0 Å². The molecule has 0 spiro atoms. The molecule has 2 nitrogen and oxygen atoms in total. The van der Waals surface area contributed by atoms with E-state index >= 15 is 0 Å². The zero-order chi connectivity index (χ0) is 8.10. The largest absolute Gasteiger partial charge is 0.345 e. The molecule has 1 N–H and O–H groups in total. The third kappa shape index (κ3) is 1.92. The van der Waals surface area contributed by atoms with Crippen molar-refractivity contribution in [2.45, 2.75) is 0 Å². The second-order valence-corrected chi connectivity index (χ2v) is 1.92. The molecule has 0 aliphatic carbocycles. The maximum absolute atomic E-state index is 4.06. The quantitative estimate of drug-likeness (QED) is 0.572. The predicted molar refractivity (Wildman–Crippen MR) is 56.0 cm³/mol. The predicted octanol–water partition coefficient (Wildman–Crippen LogP) is 2.61. The number of rotatable bonds is 0. The summed E-state index contributed by atoms with van der Waals surface area (Å²) in [5.74, 6) is 0. The van der Waals surface area contributed by atoms with Crippen LogP contribution in [0.15, 0.2) is 30.6 Å². The third-order valence-corrected chi connectivity index (χ3v) is 1.33. The highest BCUT2D eigenvalue weighted by Gasteiger charge is 1.88. The summed E-state index contributed by atoms with van der Waals surface area (Å²) >= 11 is 2.15. The zero-order valence-corrected chi connectivity index (χ0v) is 8.37. The number of aromatic nitrogens is 2. The van der Waals surface area contributed by atoms with E-state index in [4.69, 9.17) is 0 Å². The van der Waals surface area contributed by atoms with Crippen molar-refractivity contribution in [1.29, 1.82) is 0 Å². The molecule has 0 aliphatic heterocycles. The van der Waals surface area contributed by atoms with Gasteiger partial charge in [0.25, 0.3) is 0 Å². The van der Waals surface area contributed by atoms with Gasteiger partial charge in [-0.25, -0.2) is 4.98 Å². The Morgan fingerprint density at radius 3 is 2.73 bits per heavy atom. The van der Waals surface area contributed by atoms with Gasteiger partial charge in [0.15, 0.2) is 0 Å². The molecule has 0 atom stereocenters. The first-order chi connectivity index (χ1) is 5.47. The summed E-state index contributed by atoms with van der Waals surface area (Å²) in [6, 6.07) is 7.94. The maximum atomic E-state index is 4.06. The molecule has 0 radical (unpaired) electrons. The van der Waals surface area contributed by atoms with Crippen molar-refractivity contribution in [3.05, 3.63) is 30.6 Å². The number of nitrogens with zero attached hydrogens (tertiary/aromatic N) is 1. The number of aromatic amines is 1. The molecule has 1 aromatic heterocycles. The van der Waals surface area contributed by atoms with Gasteiger partial charge in [0, 0.05) is 0 Å². The first-order valence-corrected chi connectivity index (χ1v) is 5.38. The van der Waals surface area contributed by atoms with Crippen LogP contribution < -0.4 is 0 Å². The minimum absolute atomic E-state index is 1.03. The van der Waals surface area contributed by atoms with Gasteiger partial charge >= 0.3 is 0 Å². The van der Waals surface area contributed by atoms with Gasteiger partial charge in [0.05, 0.1) is 17.4 Å². The highest BCUT2D eigenvalue weighted by Crippen LogP contribution is 2.05. The van der Waals surface area contributed by atoms with Crippen LogP contribution in [0.25, 0.3) is 11.0 Å². The maximum Gasteiger partial charge on any atom is 0.0931 e. The third-order valence-electron chi connectivity index (χ3n) is 1.33. The van der Waals surface area contributed by atoms with Crippen LogP contribution in [-0.2, 0) is 0 Å². The summed E-state index contributed by atoms with van der Waals surface area (Å²) in [6.45, 7) is 0. The Bertz CT molecular complexity index is 286. The van der Waals surface area contributed by atoms with Crippen LogP contribution in [0.1, 0.15) is 0 Å². The number of benzene rings is 1. The second-order valence-electron chi connectivity index (χ2n) is 1.92. The molecule has 0 amide bonds. The first kappa shape index (κ1) is 8.52. The number of hydrogen-bond donors (Lipinski definition) is 1. The molecule has 58 valence electrons. The van der Waals surface area contributed by atoms with Crippen molar-refractivity contribution in [2.24, 2.45) is 0 Å². The van der Waals surface area contributed by atoms with Crippen molar-refractivity contribution in [3.63, 3.8) is 0 Å². The van der Waals surface area contributed by atoms with E-state index in [1.807, 2.05) is 29.2 Å². The van der Waals surface area contributed by atoms with Gasteiger partial charge in [-0.15, -0.1) is 0 Å². The molecule has 0 fully saturated rings. The monoisotopic (exact) mass is 260 g/mol. The Labute approximate surface area is 79.2 Å². The van der Waals surface area contributed by atoms with Crippen molar-refractivity contribution in [3.8, 4) is 0 Å². The average molecular weight is 260 g/mol. The number of alkyl halides is 1. The molecule has 1 aromatic carbocycles. The number of para-hydroxylation sites is 2. The van der Waals surface area contributed by atoms with Crippen molar-refractivity contribution in [1.82, 2.24) is 9.97 Å². The molecule has 11 heavy (non-hydrogen) atoms. The lowest BCUT2D eigenvalue weighted by atomic mass is 10.3. The normalized spacial score (nSPS) is 8.91. The van der Waals surface area contributed by atoms with E-state index < -0.39 is 0 Å². The summed E-state index contributed by atoms with van der Waals surface area (Å²) < 4.78 is 0. The van der Waals surface area contributed by atoms with Crippen LogP contribution in [-0.4, -0.2) is 14.9 Å². The van der Waals surface area contributed by atoms with Gasteiger partial charge in [0.1, 0.15) is 0 Å². The zero-order valence-electron chi connectivity index (χ0n) is 6.21. The van der Waals surface area contributed by atoms with Crippen LogP contribution in [0, 0.1) is 0 Å². The molecular weight excluding hydrogens is 251 g/mol. The number of nitrogens with one attached hydrogen (secondary N) is 1. The molecule has 0 bridgehead atoms. The highest BCUT2D eigenvalue weighted by atomic mass is 127. The Morgan fingerprint density at radius 1 is 1.27 bits per heavy atom. The smallest absolute Gasteiger partial charge is 0.0931 e. The number of halogens is 1. The second kappa shape index (κ2) is 4.33. The Kier molecular flexibility index (Phi) is 3.35. The van der Waals surface area contributed by atoms with Crippen LogP contribution in [0.5, 0.6) is 0 Å². The summed E-state index contributed by atoms with van der Waals surface area (Å²) in [7, 11) is 0. The lowest BCUT2D eigenvalue weighted by Crippen LogP contribution is -1.63. The Balaban J connectivity index is 0.000000281. The van der Waals surface area contributed by atoms with Gasteiger partial charge in [-0.05, 0) is 17.1 Å². The number of H-pyrrole nitrogens is 1. The SMILES string of the molecule is CI.c1ccc2[nH]cnc2c1. The lowest BCUT2D eigenvalue weighted by molar-refractivity contribution is 1.34. The van der Waals surface area contributed by atoms with Crippen molar-refractivity contribution in [2.75, 3.05) is 4.93 Å². The van der Waals surface area contributed by atoms with E-state index in [2.05, 4.69) is 32.6 Å². The number of fused-ring (bicyclic) bond motifs is 1. The number of hydrogen-bond acceptors (Lipinski definition) is 1. The van der Waals surface area contributed by atoms with Crippen LogP contribution in [0.3, 0.4) is 0 Å². The minimum atomic E-state index is 1.03. The van der Waals surface area contributed by atoms with E-state index in [9.17, 15) is 0 Å². The molecule has 0 saturated heterocycles. The minimum Gasteiger partial charge on any atom is -0.345 e. The van der Waals surface area contributed by atoms with Crippen LogP contribution >= 0.6 is 22.6 Å². The van der Waals surface area contributed by atoms with E-state index in [1.165, 1.54) is 0 Å². The van der Waals surface area contributed by atoms with E-state index in [0.717, 1.165) is 11.0 Å². The Hall–Kier alpha value is -0.580. The molecule has 2 aromatic rings. The van der Waals surface area contributed by atoms with Gasteiger partial charge in [-0.1, -0.05) is 34.7 Å². The topological polar surface area (TPSA) is 28.7 Å². The van der Waals surface area contributed by atoms with Gasteiger partial charge in [-0.3, -0.25) is 0 Å². The molecule has 2 rings (SSSR count). The summed E-state index contributed by atoms with van der Waals surface area (Å²) in [6.07, 6.45) is 1.70. The van der Waals surface area contributed by atoms with E-state index in [1.54, 1.807) is 6.33 Å². The van der Waals surface area contributed by atoms with Crippen molar-refractivity contribution < 1.29 is 0 Å². The van der Waals surface area contributed by atoms with E-state index in [0.29, 0.717) is 0 Å². The molecule has 1 heterocycles. The molecule has 0 saturated carbocycles. The molecule has 0 aliphatic rings.